The summed E-state index contributed by atoms with van der Waals surface area (Å²) >= 11 is 0. The van der Waals surface area contributed by atoms with Crippen LogP contribution in [0, 0.1) is 6.92 Å². The molecule has 0 atom stereocenters. The number of nitrogens with one attached hydrogen (secondary N) is 1. The standard InChI is InChI=1S/C12H12N4O3/c1-8-4-13-3-2-10(8)12(19)15-9-5-14-16(6-9)7-11(17)18/h2-6H,7H2,1H3,(H,15,19)(H,17,18). The Bertz CT molecular complexity index is 621. The lowest BCUT2D eigenvalue weighted by Crippen LogP contribution is -2.13. The van der Waals surface area contributed by atoms with Gasteiger partial charge < -0.3 is 10.4 Å². The summed E-state index contributed by atoms with van der Waals surface area (Å²) in [5.74, 6) is -1.28. The summed E-state index contributed by atoms with van der Waals surface area (Å²) in [7, 11) is 0. The van der Waals surface area contributed by atoms with Crippen LogP contribution in [0.15, 0.2) is 30.9 Å². The Hall–Kier alpha value is -2.70. The summed E-state index contributed by atoms with van der Waals surface area (Å²) in [4.78, 5) is 26.4. The number of anilines is 1. The van der Waals surface area contributed by atoms with Crippen molar-refractivity contribution in [2.24, 2.45) is 0 Å². The van der Waals surface area contributed by atoms with Gasteiger partial charge in [-0.25, -0.2) is 0 Å². The van der Waals surface area contributed by atoms with Crippen LogP contribution < -0.4 is 5.32 Å². The zero-order valence-electron chi connectivity index (χ0n) is 10.2. The Morgan fingerprint density at radius 3 is 2.89 bits per heavy atom. The van der Waals surface area contributed by atoms with Crippen LogP contribution in [0.3, 0.4) is 0 Å². The fraction of sp³-hybridized carbons (Fsp3) is 0.167. The number of carbonyl (C=O) groups excluding carboxylic acids is 1. The topological polar surface area (TPSA) is 97.1 Å². The minimum atomic E-state index is -0.994. The fourth-order valence-electron chi connectivity index (χ4n) is 1.58. The Labute approximate surface area is 108 Å². The van der Waals surface area contributed by atoms with Crippen LogP contribution in [0.4, 0.5) is 5.69 Å². The van der Waals surface area contributed by atoms with Crippen molar-refractivity contribution >= 4 is 17.6 Å². The number of pyridine rings is 1. The van der Waals surface area contributed by atoms with Gasteiger partial charge in [-0.1, -0.05) is 0 Å². The number of carboxylic acids is 1. The number of carbonyl (C=O) groups is 2. The molecule has 98 valence electrons. The Morgan fingerprint density at radius 2 is 2.21 bits per heavy atom. The molecule has 2 rings (SSSR count). The third kappa shape index (κ3) is 3.15. The summed E-state index contributed by atoms with van der Waals surface area (Å²) in [6.07, 6.45) is 6.00. The molecule has 0 radical (unpaired) electrons. The van der Waals surface area contributed by atoms with Crippen molar-refractivity contribution in [1.82, 2.24) is 14.8 Å². The van der Waals surface area contributed by atoms with E-state index in [2.05, 4.69) is 15.4 Å². The van der Waals surface area contributed by atoms with E-state index in [0.717, 1.165) is 5.56 Å². The number of aryl methyl sites for hydroxylation is 1. The number of rotatable bonds is 4. The van der Waals surface area contributed by atoms with Crippen LogP contribution in [0.5, 0.6) is 0 Å². The molecule has 1 amide bonds. The van der Waals surface area contributed by atoms with Gasteiger partial charge in [-0.05, 0) is 18.6 Å². The molecule has 2 aromatic rings. The summed E-state index contributed by atoms with van der Waals surface area (Å²) in [5.41, 5.74) is 1.72. The maximum absolute atomic E-state index is 12.0. The fourth-order valence-corrected chi connectivity index (χ4v) is 1.58. The van der Waals surface area contributed by atoms with Gasteiger partial charge in [0.15, 0.2) is 0 Å². The van der Waals surface area contributed by atoms with Gasteiger partial charge in [0.05, 0.1) is 11.9 Å². The number of aliphatic carboxylic acids is 1. The quantitative estimate of drug-likeness (QED) is 0.852. The van der Waals surface area contributed by atoms with Gasteiger partial charge in [0.1, 0.15) is 6.54 Å². The largest absolute Gasteiger partial charge is 0.480 e. The van der Waals surface area contributed by atoms with Gasteiger partial charge in [-0.3, -0.25) is 19.3 Å². The maximum Gasteiger partial charge on any atom is 0.325 e. The molecule has 0 fully saturated rings. The average molecular weight is 260 g/mol. The van der Waals surface area contributed by atoms with Crippen LogP contribution >= 0.6 is 0 Å². The molecule has 0 saturated carbocycles. The van der Waals surface area contributed by atoms with Crippen molar-refractivity contribution in [1.29, 1.82) is 0 Å². The van der Waals surface area contributed by atoms with Gasteiger partial charge >= 0.3 is 5.97 Å². The first-order valence-electron chi connectivity index (χ1n) is 5.52. The lowest BCUT2D eigenvalue weighted by Gasteiger charge is -2.04. The summed E-state index contributed by atoms with van der Waals surface area (Å²) < 4.78 is 1.23. The van der Waals surface area contributed by atoms with Gasteiger partial charge in [0.25, 0.3) is 5.91 Å². The van der Waals surface area contributed by atoms with E-state index < -0.39 is 5.97 Å². The minimum absolute atomic E-state index is 0.246. The average Bonchev–Trinajstić information content (AvgIpc) is 2.76. The SMILES string of the molecule is Cc1cnccc1C(=O)Nc1cnn(CC(=O)O)c1. The molecule has 7 heteroatoms. The summed E-state index contributed by atoms with van der Waals surface area (Å²) in [6, 6.07) is 1.62. The van der Waals surface area contributed by atoms with Crippen molar-refractivity contribution < 1.29 is 14.7 Å². The number of amides is 1. The van der Waals surface area contributed by atoms with E-state index in [9.17, 15) is 9.59 Å². The first-order valence-corrected chi connectivity index (χ1v) is 5.52. The number of hydrogen-bond acceptors (Lipinski definition) is 4. The predicted octanol–water partition coefficient (Wildman–Crippen LogP) is 0.923. The molecule has 0 bridgehead atoms. The van der Waals surface area contributed by atoms with E-state index in [1.54, 1.807) is 19.2 Å². The Balaban J connectivity index is 2.09. The molecule has 0 aliphatic rings. The van der Waals surface area contributed by atoms with Gasteiger partial charge in [-0.2, -0.15) is 5.10 Å². The molecule has 2 heterocycles. The van der Waals surface area contributed by atoms with Crippen LogP contribution in [-0.4, -0.2) is 31.7 Å². The number of nitrogens with zero attached hydrogens (tertiary/aromatic N) is 3. The molecule has 2 aromatic heterocycles. The highest BCUT2D eigenvalue weighted by molar-refractivity contribution is 6.05. The molecule has 0 saturated heterocycles. The molecule has 2 N–H and O–H groups in total. The number of aromatic nitrogens is 3. The summed E-state index contributed by atoms with van der Waals surface area (Å²) in [6.45, 7) is 1.54. The molecule has 7 nitrogen and oxygen atoms in total. The molecule has 19 heavy (non-hydrogen) atoms. The molecule has 0 aromatic carbocycles. The highest BCUT2D eigenvalue weighted by Crippen LogP contribution is 2.10. The van der Waals surface area contributed by atoms with E-state index in [1.165, 1.54) is 23.3 Å². The zero-order chi connectivity index (χ0) is 13.8. The van der Waals surface area contributed by atoms with Crippen molar-refractivity contribution in [2.45, 2.75) is 13.5 Å². The lowest BCUT2D eigenvalue weighted by molar-refractivity contribution is -0.137. The molecule has 0 aliphatic heterocycles. The zero-order valence-corrected chi connectivity index (χ0v) is 10.2. The first-order chi connectivity index (χ1) is 9.06. The smallest absolute Gasteiger partial charge is 0.325 e. The van der Waals surface area contributed by atoms with Gasteiger partial charge in [0, 0.05) is 24.2 Å². The van der Waals surface area contributed by atoms with Crippen LogP contribution in [0.2, 0.25) is 0 Å². The summed E-state index contributed by atoms with van der Waals surface area (Å²) in [5, 5.41) is 15.1. The number of carboxylic acid groups (broad SMARTS) is 1. The second kappa shape index (κ2) is 5.30. The van der Waals surface area contributed by atoms with Crippen LogP contribution in [-0.2, 0) is 11.3 Å². The van der Waals surface area contributed by atoms with Gasteiger partial charge in [0.2, 0.25) is 0 Å². The third-order valence-corrected chi connectivity index (χ3v) is 2.45. The Morgan fingerprint density at radius 1 is 1.42 bits per heavy atom. The Kier molecular flexibility index (Phi) is 3.56. The predicted molar refractivity (Wildman–Crippen MR) is 66.8 cm³/mol. The second-order valence-electron chi connectivity index (χ2n) is 3.97. The molecular formula is C12H12N4O3. The monoisotopic (exact) mass is 260 g/mol. The lowest BCUT2D eigenvalue weighted by atomic mass is 10.1. The first kappa shape index (κ1) is 12.7. The van der Waals surface area contributed by atoms with Crippen molar-refractivity contribution in [3.8, 4) is 0 Å². The highest BCUT2D eigenvalue weighted by Gasteiger charge is 2.10. The van der Waals surface area contributed by atoms with Crippen LogP contribution in [0.25, 0.3) is 0 Å². The number of hydrogen-bond donors (Lipinski definition) is 2. The normalized spacial score (nSPS) is 10.2. The van der Waals surface area contributed by atoms with Crippen molar-refractivity contribution in [2.75, 3.05) is 5.32 Å². The van der Waals surface area contributed by atoms with E-state index in [-0.39, 0.29) is 12.5 Å². The van der Waals surface area contributed by atoms with E-state index in [0.29, 0.717) is 11.3 Å². The third-order valence-electron chi connectivity index (χ3n) is 2.45. The molecule has 0 aliphatic carbocycles. The van der Waals surface area contributed by atoms with Crippen LogP contribution in [0.1, 0.15) is 15.9 Å². The van der Waals surface area contributed by atoms with E-state index >= 15 is 0 Å². The van der Waals surface area contributed by atoms with Crippen molar-refractivity contribution in [3.63, 3.8) is 0 Å². The second-order valence-corrected chi connectivity index (χ2v) is 3.97. The van der Waals surface area contributed by atoms with Crippen molar-refractivity contribution in [3.05, 3.63) is 42.0 Å². The maximum atomic E-state index is 12.0. The molecule has 0 spiro atoms. The van der Waals surface area contributed by atoms with E-state index in [1.807, 2.05) is 0 Å². The van der Waals surface area contributed by atoms with E-state index in [4.69, 9.17) is 5.11 Å². The highest BCUT2D eigenvalue weighted by atomic mass is 16.4. The molecular weight excluding hydrogens is 248 g/mol. The molecule has 0 unspecified atom stereocenters. The van der Waals surface area contributed by atoms with Gasteiger partial charge in [-0.15, -0.1) is 0 Å². The minimum Gasteiger partial charge on any atom is -0.480 e.